The van der Waals surface area contributed by atoms with E-state index < -0.39 is 5.41 Å². The van der Waals surface area contributed by atoms with Crippen LogP contribution in [0, 0.1) is 0 Å². The Labute approximate surface area is 154 Å². The maximum Gasteiger partial charge on any atom is 0.257 e. The van der Waals surface area contributed by atoms with Gasteiger partial charge in [-0.1, -0.05) is 48.5 Å². The van der Waals surface area contributed by atoms with Crippen molar-refractivity contribution in [1.82, 2.24) is 10.9 Å². The summed E-state index contributed by atoms with van der Waals surface area (Å²) in [5.74, 6) is -0.463. The lowest BCUT2D eigenvalue weighted by molar-refractivity contribution is -0.131. The molecule has 0 spiro atoms. The molecule has 5 nitrogen and oxygen atoms in total. The zero-order valence-corrected chi connectivity index (χ0v) is 15.3. The molecule has 0 aromatic heterocycles. The number of fused-ring (bicyclic) bond motifs is 1. The summed E-state index contributed by atoms with van der Waals surface area (Å²) in [5, 5.41) is 0. The highest BCUT2D eigenvalue weighted by atomic mass is 16.2. The van der Waals surface area contributed by atoms with Crippen LogP contribution in [0.3, 0.4) is 0 Å². The summed E-state index contributed by atoms with van der Waals surface area (Å²) in [7, 11) is 0. The smallest absolute Gasteiger partial charge is 0.257 e. The SMILES string of the molecule is CC(C)(C(=O)NNC(=O)CN1CCCc2ccccc21)c1ccccc1. The average Bonchev–Trinajstić information content (AvgIpc) is 2.67. The fourth-order valence-electron chi connectivity index (χ4n) is 3.26. The quantitative estimate of drug-likeness (QED) is 0.832. The fourth-order valence-corrected chi connectivity index (χ4v) is 3.26. The number of benzene rings is 2. The number of hydrogen-bond donors (Lipinski definition) is 2. The molecule has 5 heteroatoms. The van der Waals surface area contributed by atoms with Crippen LogP contribution in [0.1, 0.15) is 31.4 Å². The zero-order chi connectivity index (χ0) is 18.6. The summed E-state index contributed by atoms with van der Waals surface area (Å²) < 4.78 is 0. The third-order valence-electron chi connectivity index (χ3n) is 4.92. The van der Waals surface area contributed by atoms with Crippen LogP contribution < -0.4 is 15.8 Å². The number of nitrogens with zero attached hydrogens (tertiary/aromatic N) is 1. The Morgan fingerprint density at radius 1 is 1.00 bits per heavy atom. The number of carbonyl (C=O) groups excluding carboxylic acids is 2. The Balaban J connectivity index is 1.57. The normalized spacial score (nSPS) is 13.7. The minimum absolute atomic E-state index is 0.223. The summed E-state index contributed by atoms with van der Waals surface area (Å²) in [6.45, 7) is 4.74. The molecular weight excluding hydrogens is 326 g/mol. The van der Waals surface area contributed by atoms with E-state index in [0.717, 1.165) is 30.6 Å². The monoisotopic (exact) mass is 351 g/mol. The van der Waals surface area contributed by atoms with Crippen molar-refractivity contribution < 1.29 is 9.59 Å². The van der Waals surface area contributed by atoms with Crippen LogP contribution in [0.25, 0.3) is 0 Å². The number of hydrogen-bond acceptors (Lipinski definition) is 3. The van der Waals surface area contributed by atoms with Crippen LogP contribution in [0.2, 0.25) is 0 Å². The lowest BCUT2D eigenvalue weighted by atomic mass is 9.84. The Kier molecular flexibility index (Phi) is 5.26. The predicted octanol–water partition coefficient (Wildman–Crippen LogP) is 2.56. The van der Waals surface area contributed by atoms with Crippen LogP contribution in [0.5, 0.6) is 0 Å². The van der Waals surface area contributed by atoms with E-state index in [2.05, 4.69) is 21.8 Å². The van der Waals surface area contributed by atoms with E-state index in [1.54, 1.807) is 0 Å². The molecular formula is C21H25N3O2. The molecule has 2 aromatic carbocycles. The molecule has 1 heterocycles. The lowest BCUT2D eigenvalue weighted by Crippen LogP contribution is -2.52. The van der Waals surface area contributed by atoms with Crippen molar-refractivity contribution in [3.8, 4) is 0 Å². The Hall–Kier alpha value is -2.82. The number of carbonyl (C=O) groups is 2. The van der Waals surface area contributed by atoms with Gasteiger partial charge in [-0.05, 0) is 43.9 Å². The molecule has 0 bridgehead atoms. The molecule has 0 atom stereocenters. The van der Waals surface area contributed by atoms with E-state index in [4.69, 9.17) is 0 Å². The minimum Gasteiger partial charge on any atom is -0.362 e. The predicted molar refractivity (Wildman–Crippen MR) is 103 cm³/mol. The molecule has 0 unspecified atom stereocenters. The van der Waals surface area contributed by atoms with Gasteiger partial charge in [-0.2, -0.15) is 0 Å². The number of nitrogens with one attached hydrogen (secondary N) is 2. The van der Waals surface area contributed by atoms with E-state index in [-0.39, 0.29) is 18.4 Å². The third kappa shape index (κ3) is 3.87. The number of para-hydroxylation sites is 1. The molecule has 136 valence electrons. The van der Waals surface area contributed by atoms with Crippen LogP contribution in [0.15, 0.2) is 54.6 Å². The summed E-state index contributed by atoms with van der Waals surface area (Å²) in [4.78, 5) is 26.9. The van der Waals surface area contributed by atoms with Crippen molar-refractivity contribution in [3.05, 3.63) is 65.7 Å². The average molecular weight is 351 g/mol. The maximum atomic E-state index is 12.5. The van der Waals surface area contributed by atoms with Crippen molar-refractivity contribution in [2.24, 2.45) is 0 Å². The van der Waals surface area contributed by atoms with Gasteiger partial charge in [-0.25, -0.2) is 0 Å². The first kappa shape index (κ1) is 18.0. The molecule has 2 aromatic rings. The fraction of sp³-hybridized carbons (Fsp3) is 0.333. The number of aryl methyl sites for hydroxylation is 1. The summed E-state index contributed by atoms with van der Waals surface area (Å²) >= 11 is 0. The number of rotatable bonds is 4. The molecule has 0 saturated carbocycles. The first-order valence-corrected chi connectivity index (χ1v) is 8.96. The third-order valence-corrected chi connectivity index (χ3v) is 4.92. The van der Waals surface area contributed by atoms with E-state index in [1.807, 2.05) is 62.4 Å². The Morgan fingerprint density at radius 2 is 1.69 bits per heavy atom. The Bertz CT molecular complexity index is 787. The highest BCUT2D eigenvalue weighted by Crippen LogP contribution is 2.26. The van der Waals surface area contributed by atoms with Gasteiger partial charge in [-0.15, -0.1) is 0 Å². The maximum absolute atomic E-state index is 12.5. The Morgan fingerprint density at radius 3 is 2.46 bits per heavy atom. The second-order valence-electron chi connectivity index (χ2n) is 7.15. The van der Waals surface area contributed by atoms with Gasteiger partial charge in [-0.3, -0.25) is 20.4 Å². The molecule has 0 fully saturated rings. The molecule has 0 aliphatic carbocycles. The first-order chi connectivity index (χ1) is 12.5. The van der Waals surface area contributed by atoms with Crippen LogP contribution in [-0.4, -0.2) is 24.9 Å². The molecule has 1 aliphatic rings. The summed E-state index contributed by atoms with van der Waals surface area (Å²) in [6.07, 6.45) is 2.06. The van der Waals surface area contributed by atoms with Crippen LogP contribution in [0.4, 0.5) is 5.69 Å². The van der Waals surface area contributed by atoms with Gasteiger partial charge in [0, 0.05) is 12.2 Å². The van der Waals surface area contributed by atoms with Gasteiger partial charge in [0.05, 0.1) is 12.0 Å². The zero-order valence-electron chi connectivity index (χ0n) is 15.3. The molecule has 0 radical (unpaired) electrons. The lowest BCUT2D eigenvalue weighted by Gasteiger charge is -2.31. The van der Waals surface area contributed by atoms with Gasteiger partial charge in [0.15, 0.2) is 0 Å². The molecule has 26 heavy (non-hydrogen) atoms. The molecule has 1 aliphatic heterocycles. The second-order valence-corrected chi connectivity index (χ2v) is 7.15. The van der Waals surface area contributed by atoms with E-state index >= 15 is 0 Å². The van der Waals surface area contributed by atoms with Gasteiger partial charge in [0.2, 0.25) is 5.91 Å². The van der Waals surface area contributed by atoms with Crippen molar-refractivity contribution in [1.29, 1.82) is 0 Å². The molecule has 3 rings (SSSR count). The molecule has 2 N–H and O–H groups in total. The number of anilines is 1. The van der Waals surface area contributed by atoms with Gasteiger partial charge < -0.3 is 4.90 Å². The van der Waals surface area contributed by atoms with Crippen molar-refractivity contribution in [2.45, 2.75) is 32.1 Å². The van der Waals surface area contributed by atoms with Crippen LogP contribution >= 0.6 is 0 Å². The standard InChI is InChI=1S/C21H25N3O2/c1-21(2,17-11-4-3-5-12-17)20(26)23-22-19(25)15-24-14-8-10-16-9-6-7-13-18(16)24/h3-7,9,11-13H,8,10,14-15H2,1-2H3,(H,22,25)(H,23,26). The van der Waals surface area contributed by atoms with Crippen molar-refractivity contribution in [3.63, 3.8) is 0 Å². The van der Waals surface area contributed by atoms with Crippen molar-refractivity contribution in [2.75, 3.05) is 18.0 Å². The molecule has 2 amide bonds. The topological polar surface area (TPSA) is 61.4 Å². The summed E-state index contributed by atoms with van der Waals surface area (Å²) in [6, 6.07) is 17.7. The highest BCUT2D eigenvalue weighted by Gasteiger charge is 2.30. The van der Waals surface area contributed by atoms with Gasteiger partial charge >= 0.3 is 0 Å². The van der Waals surface area contributed by atoms with Gasteiger partial charge in [0.1, 0.15) is 0 Å². The largest absolute Gasteiger partial charge is 0.362 e. The number of amides is 2. The highest BCUT2D eigenvalue weighted by molar-refractivity contribution is 5.90. The number of hydrazine groups is 1. The summed E-state index contributed by atoms with van der Waals surface area (Å²) in [5.41, 5.74) is 7.66. The van der Waals surface area contributed by atoms with Gasteiger partial charge in [0.25, 0.3) is 5.91 Å². The first-order valence-electron chi connectivity index (χ1n) is 8.96. The molecule has 0 saturated heterocycles. The van der Waals surface area contributed by atoms with E-state index in [1.165, 1.54) is 5.56 Å². The van der Waals surface area contributed by atoms with Crippen molar-refractivity contribution >= 4 is 17.5 Å². The van der Waals surface area contributed by atoms with Crippen LogP contribution in [-0.2, 0) is 21.4 Å². The van der Waals surface area contributed by atoms with E-state index in [0.29, 0.717) is 0 Å². The minimum atomic E-state index is -0.730. The second kappa shape index (κ2) is 7.60. The van der Waals surface area contributed by atoms with E-state index in [9.17, 15) is 9.59 Å².